The summed E-state index contributed by atoms with van der Waals surface area (Å²) in [4.78, 5) is 23.1. The van der Waals surface area contributed by atoms with Crippen molar-refractivity contribution < 1.29 is 23.3 Å². The van der Waals surface area contributed by atoms with Gasteiger partial charge in [0, 0.05) is 18.0 Å². The van der Waals surface area contributed by atoms with Gasteiger partial charge in [0.05, 0.1) is 26.5 Å². The van der Waals surface area contributed by atoms with Crippen LogP contribution in [-0.4, -0.2) is 61.2 Å². The van der Waals surface area contributed by atoms with Crippen LogP contribution in [0.25, 0.3) is 0 Å². The third-order valence-corrected chi connectivity index (χ3v) is 7.72. The molecule has 4 unspecified atom stereocenters. The molecule has 1 saturated heterocycles. The van der Waals surface area contributed by atoms with E-state index in [-0.39, 0.29) is 24.9 Å². The number of carbonyl (C=O) groups excluding carboxylic acids is 1. The van der Waals surface area contributed by atoms with Gasteiger partial charge in [0.25, 0.3) is 0 Å². The normalized spacial score (nSPS) is 22.1. The highest BCUT2D eigenvalue weighted by Gasteiger charge is 2.41. The summed E-state index contributed by atoms with van der Waals surface area (Å²) in [7, 11) is 1.47. The highest BCUT2D eigenvalue weighted by molar-refractivity contribution is 7.45. The minimum absolute atomic E-state index is 0.165. The molecule has 11 nitrogen and oxygen atoms in total. The van der Waals surface area contributed by atoms with Gasteiger partial charge in [0.15, 0.2) is 11.6 Å². The van der Waals surface area contributed by atoms with E-state index in [1.165, 1.54) is 7.11 Å². The molecule has 4 rings (SSSR count). The van der Waals surface area contributed by atoms with E-state index in [9.17, 15) is 4.79 Å². The van der Waals surface area contributed by atoms with E-state index in [2.05, 4.69) is 37.5 Å². The molecule has 3 heterocycles. The van der Waals surface area contributed by atoms with Gasteiger partial charge in [-0.05, 0) is 44.5 Å². The first-order valence-electron chi connectivity index (χ1n) is 11.6. The van der Waals surface area contributed by atoms with Gasteiger partial charge in [-0.25, -0.2) is 15.1 Å². The second-order valence-corrected chi connectivity index (χ2v) is 10.8. The van der Waals surface area contributed by atoms with Crippen molar-refractivity contribution in [3.05, 3.63) is 35.6 Å². The van der Waals surface area contributed by atoms with Gasteiger partial charge in [-0.15, -0.1) is 0 Å². The maximum absolute atomic E-state index is 12.3. The minimum atomic E-state index is -1.71. The molecule has 36 heavy (non-hydrogen) atoms. The molecule has 0 radical (unpaired) electrons. The van der Waals surface area contributed by atoms with Crippen molar-refractivity contribution in [2.75, 3.05) is 43.0 Å². The Morgan fingerprint density at radius 2 is 2.08 bits per heavy atom. The lowest BCUT2D eigenvalue weighted by Crippen LogP contribution is -2.45. The van der Waals surface area contributed by atoms with Crippen molar-refractivity contribution in [2.45, 2.75) is 45.1 Å². The van der Waals surface area contributed by atoms with Crippen molar-refractivity contribution in [2.24, 2.45) is 5.92 Å². The Balaban J connectivity index is 1.42. The molecule has 2 aliphatic heterocycles. The molecular formula is C23H32ClN6O5P. The first kappa shape index (κ1) is 26.6. The molecule has 1 aromatic heterocycles. The predicted molar refractivity (Wildman–Crippen MR) is 139 cm³/mol. The Bertz CT molecular complexity index is 1060. The zero-order valence-corrected chi connectivity index (χ0v) is 22.6. The summed E-state index contributed by atoms with van der Waals surface area (Å²) < 4.78 is 23.5. The van der Waals surface area contributed by atoms with Crippen molar-refractivity contribution in [1.82, 2.24) is 15.1 Å². The largest absolute Gasteiger partial charge is 0.468 e. The highest BCUT2D eigenvalue weighted by atomic mass is 35.5. The quantitative estimate of drug-likeness (QED) is 0.301. The first-order valence-corrected chi connectivity index (χ1v) is 13.2. The molecule has 196 valence electrons. The molecule has 0 bridgehead atoms. The molecular weight excluding hydrogens is 507 g/mol. The fourth-order valence-electron chi connectivity index (χ4n) is 4.15. The summed E-state index contributed by atoms with van der Waals surface area (Å²) >= 11 is 6.00. The van der Waals surface area contributed by atoms with Gasteiger partial charge >= 0.3 is 14.5 Å². The molecule has 2 aliphatic rings. The molecule has 13 heteroatoms. The Morgan fingerprint density at radius 3 is 2.78 bits per heavy atom. The average molecular weight is 539 g/mol. The summed E-state index contributed by atoms with van der Waals surface area (Å²) in [5, 5.41) is 10.2. The first-order chi connectivity index (χ1) is 17.2. The zero-order chi connectivity index (χ0) is 25.9. The van der Waals surface area contributed by atoms with Gasteiger partial charge in [-0.3, -0.25) is 4.79 Å². The van der Waals surface area contributed by atoms with Crippen LogP contribution in [0.5, 0.6) is 5.75 Å². The van der Waals surface area contributed by atoms with Crippen molar-refractivity contribution in [3.63, 3.8) is 0 Å². The van der Waals surface area contributed by atoms with Crippen LogP contribution in [0.15, 0.2) is 30.6 Å². The molecule has 4 atom stereocenters. The van der Waals surface area contributed by atoms with Crippen LogP contribution in [0.1, 0.15) is 27.2 Å². The van der Waals surface area contributed by atoms with E-state index in [4.69, 9.17) is 30.1 Å². The fourth-order valence-corrected chi connectivity index (χ4v) is 5.61. The van der Waals surface area contributed by atoms with Crippen LogP contribution in [0.4, 0.5) is 17.3 Å². The number of aromatic nitrogens is 2. The lowest BCUT2D eigenvalue weighted by molar-refractivity contribution is -0.146. The number of benzene rings is 1. The van der Waals surface area contributed by atoms with E-state index in [1.54, 1.807) is 44.4 Å². The van der Waals surface area contributed by atoms with Crippen molar-refractivity contribution in [1.29, 1.82) is 0 Å². The standard InChI is InChI=1S/C23H32ClN6O5P/c1-14-10-17(34-21(14)30-13-28-18-19(25-4)26-12-27-20(18)30)11-33-36(29-23(2,3)22(31)32-5)35-16-8-6-15(24)7-9-16/h6-9,12,14,17,21,28-29H,10-11,13H2,1-5H3,(H,25,26,27). The highest BCUT2D eigenvalue weighted by Crippen LogP contribution is 2.42. The number of carbonyl (C=O) groups is 1. The molecule has 0 saturated carbocycles. The number of ether oxygens (including phenoxy) is 2. The molecule has 1 aromatic carbocycles. The van der Waals surface area contributed by atoms with Crippen molar-refractivity contribution >= 4 is 43.4 Å². The minimum Gasteiger partial charge on any atom is -0.468 e. The van der Waals surface area contributed by atoms with Gasteiger partial charge in [0.1, 0.15) is 29.5 Å². The number of hydrogen-bond acceptors (Lipinski definition) is 11. The lowest BCUT2D eigenvalue weighted by atomic mass is 10.1. The van der Waals surface area contributed by atoms with Crippen LogP contribution in [-0.2, 0) is 18.8 Å². The fraction of sp³-hybridized carbons (Fsp3) is 0.522. The summed E-state index contributed by atoms with van der Waals surface area (Å²) in [5.74, 6) is 1.94. The lowest BCUT2D eigenvalue weighted by Gasteiger charge is -2.29. The molecule has 0 amide bonds. The number of methoxy groups -OCH3 is 1. The monoisotopic (exact) mass is 538 g/mol. The molecule has 3 N–H and O–H groups in total. The SMILES string of the molecule is CNc1ncnc2c1NCN2C1OC(COP(NC(C)(C)C(=O)OC)Oc2ccc(Cl)cc2)CC1C. The Morgan fingerprint density at radius 1 is 1.33 bits per heavy atom. The number of esters is 1. The van der Waals surface area contributed by atoms with Crippen LogP contribution in [0.2, 0.25) is 5.02 Å². The van der Waals surface area contributed by atoms with Gasteiger partial charge in [0.2, 0.25) is 0 Å². The number of hydrogen-bond donors (Lipinski definition) is 3. The second kappa shape index (κ2) is 11.3. The number of nitrogens with zero attached hydrogens (tertiary/aromatic N) is 3. The van der Waals surface area contributed by atoms with Gasteiger partial charge in [-0.1, -0.05) is 18.5 Å². The molecule has 0 aliphatic carbocycles. The van der Waals surface area contributed by atoms with Gasteiger partial charge in [-0.2, -0.15) is 0 Å². The molecule has 2 aromatic rings. The van der Waals surface area contributed by atoms with Crippen LogP contribution >= 0.6 is 20.1 Å². The Kier molecular flexibility index (Phi) is 8.37. The third-order valence-electron chi connectivity index (χ3n) is 5.97. The molecule has 0 spiro atoms. The average Bonchev–Trinajstić information content (AvgIpc) is 3.45. The van der Waals surface area contributed by atoms with Gasteiger partial charge < -0.3 is 34.1 Å². The van der Waals surface area contributed by atoms with E-state index in [0.717, 1.165) is 23.7 Å². The predicted octanol–water partition coefficient (Wildman–Crippen LogP) is 3.98. The maximum Gasteiger partial charge on any atom is 0.325 e. The van der Waals surface area contributed by atoms with Crippen LogP contribution in [0.3, 0.4) is 0 Å². The van der Waals surface area contributed by atoms with E-state index in [1.807, 2.05) is 7.05 Å². The zero-order valence-electron chi connectivity index (χ0n) is 20.9. The van der Waals surface area contributed by atoms with E-state index >= 15 is 0 Å². The van der Waals surface area contributed by atoms with Crippen LogP contribution < -0.4 is 25.1 Å². The number of rotatable bonds is 10. The van der Waals surface area contributed by atoms with E-state index < -0.39 is 20.0 Å². The molecule has 1 fully saturated rings. The number of nitrogens with one attached hydrogen (secondary N) is 3. The number of anilines is 3. The number of halogens is 1. The third kappa shape index (κ3) is 5.92. The maximum atomic E-state index is 12.3. The summed E-state index contributed by atoms with van der Waals surface area (Å²) in [6.07, 6.45) is 2.00. The Hall–Kier alpha value is -2.43. The smallest absolute Gasteiger partial charge is 0.325 e. The summed E-state index contributed by atoms with van der Waals surface area (Å²) in [6, 6.07) is 6.95. The summed E-state index contributed by atoms with van der Waals surface area (Å²) in [5.41, 5.74) is -0.154. The second-order valence-electron chi connectivity index (χ2n) is 9.16. The topological polar surface area (TPSA) is 119 Å². The number of fused-ring (bicyclic) bond motifs is 1. The van der Waals surface area contributed by atoms with Crippen LogP contribution in [0, 0.1) is 5.92 Å². The van der Waals surface area contributed by atoms with Crippen molar-refractivity contribution in [3.8, 4) is 5.75 Å². The summed E-state index contributed by atoms with van der Waals surface area (Å²) in [6.45, 7) is 6.43. The van der Waals surface area contributed by atoms with E-state index in [0.29, 0.717) is 17.4 Å². The Labute approximate surface area is 217 Å².